The molecule has 0 aliphatic carbocycles. The van der Waals surface area contributed by atoms with E-state index in [1.807, 2.05) is 18.2 Å². The van der Waals surface area contributed by atoms with Crippen molar-refractivity contribution in [2.75, 3.05) is 11.4 Å². The maximum absolute atomic E-state index is 12.3. The molecule has 0 radical (unpaired) electrons. The average Bonchev–Trinajstić information content (AvgIpc) is 3.06. The first-order chi connectivity index (χ1) is 9.16. The molecular formula is C15H14N2O2. The molecule has 19 heavy (non-hydrogen) atoms. The molecule has 1 aromatic carbocycles. The number of anilines is 1. The monoisotopic (exact) mass is 254 g/mol. The number of amides is 1. The summed E-state index contributed by atoms with van der Waals surface area (Å²) in [5.41, 5.74) is 3.26. The van der Waals surface area contributed by atoms with Crippen LogP contribution in [0.2, 0.25) is 0 Å². The van der Waals surface area contributed by atoms with E-state index in [2.05, 4.69) is 4.98 Å². The highest BCUT2D eigenvalue weighted by Crippen LogP contribution is 2.30. The molecule has 1 aliphatic heterocycles. The Labute approximate surface area is 111 Å². The second kappa shape index (κ2) is 4.39. The molecule has 4 nitrogen and oxygen atoms in total. The summed E-state index contributed by atoms with van der Waals surface area (Å²) in [5.74, 6) is 0.0243. The first-order valence-electron chi connectivity index (χ1n) is 6.26. The molecule has 3 rings (SSSR count). The first-order valence-corrected chi connectivity index (χ1v) is 6.26. The van der Waals surface area contributed by atoms with Gasteiger partial charge in [-0.15, -0.1) is 0 Å². The normalized spacial score (nSPS) is 13.4. The van der Waals surface area contributed by atoms with E-state index in [0.717, 1.165) is 17.7 Å². The van der Waals surface area contributed by atoms with Crippen LogP contribution in [0.4, 0.5) is 5.69 Å². The number of nitrogens with zero attached hydrogens (tertiary/aromatic N) is 1. The number of fused-ring (bicyclic) bond motifs is 1. The molecule has 0 spiro atoms. The third kappa shape index (κ3) is 1.95. The molecule has 0 unspecified atom stereocenters. The van der Waals surface area contributed by atoms with E-state index < -0.39 is 0 Å². The van der Waals surface area contributed by atoms with Gasteiger partial charge in [0.2, 0.25) is 0 Å². The maximum Gasteiger partial charge on any atom is 0.274 e. The molecule has 96 valence electrons. The lowest BCUT2D eigenvalue weighted by atomic mass is 10.1. The van der Waals surface area contributed by atoms with E-state index in [4.69, 9.17) is 0 Å². The zero-order valence-corrected chi connectivity index (χ0v) is 10.6. The Bertz CT molecular complexity index is 644. The summed E-state index contributed by atoms with van der Waals surface area (Å²) in [4.78, 5) is 28.4. The summed E-state index contributed by atoms with van der Waals surface area (Å²) in [6.45, 7) is 2.22. The van der Waals surface area contributed by atoms with Gasteiger partial charge in [0.15, 0.2) is 5.78 Å². The van der Waals surface area contributed by atoms with Gasteiger partial charge in [-0.25, -0.2) is 0 Å². The molecule has 1 amide bonds. The number of aromatic nitrogens is 1. The fourth-order valence-corrected chi connectivity index (χ4v) is 2.44. The number of nitrogens with one attached hydrogen (secondary N) is 1. The Morgan fingerprint density at radius 2 is 2.11 bits per heavy atom. The SMILES string of the molecule is CC(=O)c1ccc2c(c1)CCN2C(=O)c1ccc[nH]1. The summed E-state index contributed by atoms with van der Waals surface area (Å²) in [7, 11) is 0. The summed E-state index contributed by atoms with van der Waals surface area (Å²) < 4.78 is 0. The van der Waals surface area contributed by atoms with E-state index in [1.165, 1.54) is 0 Å². The smallest absolute Gasteiger partial charge is 0.274 e. The van der Waals surface area contributed by atoms with Crippen molar-refractivity contribution in [3.63, 3.8) is 0 Å². The van der Waals surface area contributed by atoms with Gasteiger partial charge in [-0.2, -0.15) is 0 Å². The number of benzene rings is 1. The standard InChI is InChI=1S/C15H14N2O2/c1-10(18)11-4-5-14-12(9-11)6-8-17(14)15(19)13-3-2-7-16-13/h2-5,7,9,16H,6,8H2,1H3. The molecule has 0 saturated carbocycles. The van der Waals surface area contributed by atoms with E-state index in [0.29, 0.717) is 17.8 Å². The lowest BCUT2D eigenvalue weighted by Gasteiger charge is -2.16. The summed E-state index contributed by atoms with van der Waals surface area (Å²) in [6.07, 6.45) is 2.53. The van der Waals surface area contributed by atoms with Gasteiger partial charge in [0.25, 0.3) is 5.91 Å². The lowest BCUT2D eigenvalue weighted by molar-refractivity contribution is 0.0983. The number of ketones is 1. The predicted octanol–water partition coefficient (Wildman–Crippen LogP) is 2.42. The topological polar surface area (TPSA) is 53.2 Å². The summed E-state index contributed by atoms with van der Waals surface area (Å²) in [6, 6.07) is 9.11. The van der Waals surface area contributed by atoms with E-state index in [1.54, 1.807) is 30.2 Å². The molecule has 2 heterocycles. The van der Waals surface area contributed by atoms with Crippen molar-refractivity contribution < 1.29 is 9.59 Å². The van der Waals surface area contributed by atoms with E-state index in [9.17, 15) is 9.59 Å². The molecule has 0 fully saturated rings. The number of carbonyl (C=O) groups excluding carboxylic acids is 2. The summed E-state index contributed by atoms with van der Waals surface area (Å²) in [5, 5.41) is 0. The third-order valence-corrected chi connectivity index (χ3v) is 3.46. The zero-order valence-electron chi connectivity index (χ0n) is 10.6. The van der Waals surface area contributed by atoms with Crippen LogP contribution in [0, 0.1) is 0 Å². The van der Waals surface area contributed by atoms with Crippen LogP contribution in [0.15, 0.2) is 36.5 Å². The Hall–Kier alpha value is -2.36. The molecule has 0 saturated heterocycles. The number of hydrogen-bond acceptors (Lipinski definition) is 2. The fourth-order valence-electron chi connectivity index (χ4n) is 2.44. The predicted molar refractivity (Wildman–Crippen MR) is 72.6 cm³/mol. The maximum atomic E-state index is 12.3. The van der Waals surface area contributed by atoms with Gasteiger partial charge >= 0.3 is 0 Å². The van der Waals surface area contributed by atoms with Crippen molar-refractivity contribution in [1.29, 1.82) is 0 Å². The number of Topliss-reactive ketones (excluding diaryl/α,β-unsaturated/α-hetero) is 1. The quantitative estimate of drug-likeness (QED) is 0.837. The van der Waals surface area contributed by atoms with Crippen molar-refractivity contribution in [1.82, 2.24) is 4.98 Å². The minimum Gasteiger partial charge on any atom is -0.357 e. The first kappa shape index (κ1) is 11.7. The fraction of sp³-hybridized carbons (Fsp3) is 0.200. The number of aromatic amines is 1. The number of rotatable bonds is 2. The van der Waals surface area contributed by atoms with Crippen LogP contribution in [0.3, 0.4) is 0 Å². The van der Waals surface area contributed by atoms with Gasteiger partial charge < -0.3 is 9.88 Å². The molecule has 4 heteroatoms. The molecule has 2 aromatic rings. The molecule has 0 bridgehead atoms. The van der Waals surface area contributed by atoms with Crippen molar-refractivity contribution in [3.05, 3.63) is 53.3 Å². The minimum atomic E-state index is -0.0284. The van der Waals surface area contributed by atoms with Crippen LogP contribution in [0.5, 0.6) is 0 Å². The van der Waals surface area contributed by atoms with Crippen LogP contribution in [-0.4, -0.2) is 23.2 Å². The highest BCUT2D eigenvalue weighted by Gasteiger charge is 2.26. The number of hydrogen-bond donors (Lipinski definition) is 1. The number of carbonyl (C=O) groups is 2. The molecular weight excluding hydrogens is 240 g/mol. The van der Waals surface area contributed by atoms with Gasteiger partial charge in [0.1, 0.15) is 5.69 Å². The Balaban J connectivity index is 1.94. The van der Waals surface area contributed by atoms with Gasteiger partial charge in [-0.1, -0.05) is 0 Å². The Kier molecular flexibility index (Phi) is 2.71. The van der Waals surface area contributed by atoms with Crippen molar-refractivity contribution in [2.45, 2.75) is 13.3 Å². The second-order valence-electron chi connectivity index (χ2n) is 4.69. The van der Waals surface area contributed by atoms with Gasteiger partial charge in [-0.05, 0) is 49.2 Å². The van der Waals surface area contributed by atoms with Crippen LogP contribution < -0.4 is 4.90 Å². The molecule has 0 atom stereocenters. The summed E-state index contributed by atoms with van der Waals surface area (Å²) >= 11 is 0. The van der Waals surface area contributed by atoms with Gasteiger partial charge in [-0.3, -0.25) is 9.59 Å². The van der Waals surface area contributed by atoms with Gasteiger partial charge in [0, 0.05) is 24.0 Å². The number of H-pyrrole nitrogens is 1. The highest BCUT2D eigenvalue weighted by atomic mass is 16.2. The largest absolute Gasteiger partial charge is 0.357 e. The second-order valence-corrected chi connectivity index (χ2v) is 4.69. The highest BCUT2D eigenvalue weighted by molar-refractivity contribution is 6.06. The van der Waals surface area contributed by atoms with E-state index >= 15 is 0 Å². The minimum absolute atomic E-state index is 0.0284. The lowest BCUT2D eigenvalue weighted by Crippen LogP contribution is -2.29. The molecule has 1 N–H and O–H groups in total. The zero-order chi connectivity index (χ0) is 13.4. The Morgan fingerprint density at radius 3 is 2.79 bits per heavy atom. The average molecular weight is 254 g/mol. The van der Waals surface area contributed by atoms with Crippen molar-refractivity contribution in [3.8, 4) is 0 Å². The molecule has 1 aromatic heterocycles. The Morgan fingerprint density at radius 1 is 1.26 bits per heavy atom. The van der Waals surface area contributed by atoms with Crippen LogP contribution >= 0.6 is 0 Å². The third-order valence-electron chi connectivity index (χ3n) is 3.46. The molecule has 1 aliphatic rings. The van der Waals surface area contributed by atoms with Crippen LogP contribution in [0.1, 0.15) is 33.3 Å². The van der Waals surface area contributed by atoms with Crippen LogP contribution in [0.25, 0.3) is 0 Å². The van der Waals surface area contributed by atoms with Gasteiger partial charge in [0.05, 0.1) is 0 Å². The van der Waals surface area contributed by atoms with Crippen molar-refractivity contribution >= 4 is 17.4 Å². The van der Waals surface area contributed by atoms with Crippen LogP contribution in [-0.2, 0) is 6.42 Å². The van der Waals surface area contributed by atoms with E-state index in [-0.39, 0.29) is 11.7 Å². The van der Waals surface area contributed by atoms with Crippen molar-refractivity contribution in [2.24, 2.45) is 0 Å².